The Balaban J connectivity index is 2.64. The molecule has 4 nitrogen and oxygen atoms in total. The molecule has 0 atom stereocenters. The first-order valence-corrected chi connectivity index (χ1v) is 5.35. The average Bonchev–Trinajstić information content (AvgIpc) is 2.34. The van der Waals surface area contributed by atoms with Crippen molar-refractivity contribution in [2.24, 2.45) is 0 Å². The van der Waals surface area contributed by atoms with Crippen molar-refractivity contribution in [3.05, 3.63) is 23.5 Å². The van der Waals surface area contributed by atoms with Crippen LogP contribution in [0.3, 0.4) is 0 Å². The minimum Gasteiger partial charge on any atom is -0.493 e. The Labute approximate surface area is 94.6 Å². The van der Waals surface area contributed by atoms with Crippen molar-refractivity contribution in [1.29, 1.82) is 0 Å². The molecule has 0 bridgehead atoms. The van der Waals surface area contributed by atoms with Gasteiger partial charge in [0.15, 0.2) is 12.6 Å². The van der Waals surface area contributed by atoms with E-state index in [1.807, 2.05) is 0 Å². The van der Waals surface area contributed by atoms with Gasteiger partial charge in [0, 0.05) is 12.1 Å². The Morgan fingerprint density at radius 2 is 1.81 bits per heavy atom. The maximum atomic E-state index is 10.6. The number of unbranched alkanes of at least 4 members (excludes halogenated alkanes) is 2. The van der Waals surface area contributed by atoms with Crippen LogP contribution in [-0.2, 0) is 0 Å². The second-order valence-corrected chi connectivity index (χ2v) is 3.44. The maximum absolute atomic E-state index is 10.6. The number of nitrogens with zero attached hydrogens (tertiary/aromatic N) is 1. The number of rotatable bonds is 7. The van der Waals surface area contributed by atoms with Crippen LogP contribution in [0.1, 0.15) is 47.2 Å². The number of carbonyl (C=O) groups excluding carboxylic acids is 2. The molecule has 1 aromatic heterocycles. The Hall–Kier alpha value is -1.71. The second-order valence-electron chi connectivity index (χ2n) is 3.44. The molecule has 0 fully saturated rings. The van der Waals surface area contributed by atoms with Crippen molar-refractivity contribution in [2.45, 2.75) is 26.2 Å². The predicted molar refractivity (Wildman–Crippen MR) is 60.0 cm³/mol. The predicted octanol–water partition coefficient (Wildman–Crippen LogP) is 2.28. The summed E-state index contributed by atoms with van der Waals surface area (Å²) >= 11 is 0. The van der Waals surface area contributed by atoms with Gasteiger partial charge in [-0.05, 0) is 6.42 Å². The first kappa shape index (κ1) is 12.4. The molecule has 0 aliphatic rings. The van der Waals surface area contributed by atoms with Crippen LogP contribution in [0.5, 0.6) is 5.75 Å². The smallest absolute Gasteiger partial charge is 0.168 e. The van der Waals surface area contributed by atoms with Gasteiger partial charge in [-0.2, -0.15) is 0 Å². The van der Waals surface area contributed by atoms with Gasteiger partial charge >= 0.3 is 0 Å². The van der Waals surface area contributed by atoms with Crippen LogP contribution < -0.4 is 4.74 Å². The van der Waals surface area contributed by atoms with Crippen LogP contribution in [0.15, 0.2) is 12.1 Å². The summed E-state index contributed by atoms with van der Waals surface area (Å²) in [6, 6.07) is 3.07. The normalized spacial score (nSPS) is 9.81. The fraction of sp³-hybridized carbons (Fsp3) is 0.417. The lowest BCUT2D eigenvalue weighted by Crippen LogP contribution is -2.00. The number of hydrogen-bond acceptors (Lipinski definition) is 4. The molecule has 1 heterocycles. The van der Waals surface area contributed by atoms with Gasteiger partial charge in [-0.1, -0.05) is 19.8 Å². The number of ether oxygens (including phenoxy) is 1. The third-order valence-electron chi connectivity index (χ3n) is 2.10. The van der Waals surface area contributed by atoms with Gasteiger partial charge in [0.05, 0.1) is 6.61 Å². The zero-order chi connectivity index (χ0) is 11.8. The van der Waals surface area contributed by atoms with E-state index in [4.69, 9.17) is 4.74 Å². The van der Waals surface area contributed by atoms with Crippen LogP contribution in [0, 0.1) is 0 Å². The van der Waals surface area contributed by atoms with E-state index in [-0.39, 0.29) is 11.4 Å². The SMILES string of the molecule is CCCCCOc1cc(C=O)nc(C=O)c1. The molecule has 0 aliphatic heterocycles. The van der Waals surface area contributed by atoms with Gasteiger partial charge in [0.2, 0.25) is 0 Å². The molecule has 0 saturated heterocycles. The van der Waals surface area contributed by atoms with Crippen LogP contribution in [0.2, 0.25) is 0 Å². The average molecular weight is 221 g/mol. The second kappa shape index (κ2) is 6.71. The van der Waals surface area contributed by atoms with Crippen molar-refractivity contribution in [1.82, 2.24) is 4.98 Å². The van der Waals surface area contributed by atoms with E-state index in [1.165, 1.54) is 12.1 Å². The lowest BCUT2D eigenvalue weighted by Gasteiger charge is -2.06. The molecule has 0 N–H and O–H groups in total. The van der Waals surface area contributed by atoms with Crippen LogP contribution >= 0.6 is 0 Å². The fourth-order valence-corrected chi connectivity index (χ4v) is 1.29. The van der Waals surface area contributed by atoms with E-state index in [0.29, 0.717) is 24.9 Å². The molecule has 0 saturated carbocycles. The minimum atomic E-state index is 0.218. The topological polar surface area (TPSA) is 56.3 Å². The summed E-state index contributed by atoms with van der Waals surface area (Å²) in [7, 11) is 0. The van der Waals surface area contributed by atoms with Crippen molar-refractivity contribution in [2.75, 3.05) is 6.61 Å². The highest BCUT2D eigenvalue weighted by molar-refractivity contribution is 5.78. The van der Waals surface area contributed by atoms with E-state index in [2.05, 4.69) is 11.9 Å². The van der Waals surface area contributed by atoms with Gasteiger partial charge in [-0.15, -0.1) is 0 Å². The number of hydrogen-bond donors (Lipinski definition) is 0. The monoisotopic (exact) mass is 221 g/mol. The van der Waals surface area contributed by atoms with Crippen molar-refractivity contribution in [3.63, 3.8) is 0 Å². The van der Waals surface area contributed by atoms with Crippen LogP contribution in [-0.4, -0.2) is 24.2 Å². The molecule has 86 valence electrons. The maximum Gasteiger partial charge on any atom is 0.168 e. The molecular weight excluding hydrogens is 206 g/mol. The van der Waals surface area contributed by atoms with E-state index < -0.39 is 0 Å². The third kappa shape index (κ3) is 3.81. The van der Waals surface area contributed by atoms with Crippen molar-refractivity contribution < 1.29 is 14.3 Å². The largest absolute Gasteiger partial charge is 0.493 e. The quantitative estimate of drug-likeness (QED) is 0.523. The standard InChI is InChI=1S/C12H15NO3/c1-2-3-4-5-16-12-6-10(8-14)13-11(7-12)9-15/h6-9H,2-5H2,1H3. The zero-order valence-corrected chi connectivity index (χ0v) is 9.31. The molecule has 0 unspecified atom stereocenters. The lowest BCUT2D eigenvalue weighted by atomic mass is 10.2. The summed E-state index contributed by atoms with van der Waals surface area (Å²) in [5, 5.41) is 0. The van der Waals surface area contributed by atoms with Gasteiger partial charge in [-0.25, -0.2) is 4.98 Å². The van der Waals surface area contributed by atoms with E-state index in [0.717, 1.165) is 19.3 Å². The highest BCUT2D eigenvalue weighted by Crippen LogP contribution is 2.13. The number of aromatic nitrogens is 1. The summed E-state index contributed by atoms with van der Waals surface area (Å²) < 4.78 is 5.44. The van der Waals surface area contributed by atoms with E-state index >= 15 is 0 Å². The van der Waals surface area contributed by atoms with Gasteiger partial charge in [0.25, 0.3) is 0 Å². The van der Waals surface area contributed by atoms with E-state index in [9.17, 15) is 9.59 Å². The van der Waals surface area contributed by atoms with Gasteiger partial charge < -0.3 is 4.74 Å². The Morgan fingerprint density at radius 1 is 1.19 bits per heavy atom. The zero-order valence-electron chi connectivity index (χ0n) is 9.31. The first-order chi connectivity index (χ1) is 7.80. The highest BCUT2D eigenvalue weighted by Gasteiger charge is 2.02. The minimum absolute atomic E-state index is 0.218. The van der Waals surface area contributed by atoms with Crippen LogP contribution in [0.25, 0.3) is 0 Å². The first-order valence-electron chi connectivity index (χ1n) is 5.35. The highest BCUT2D eigenvalue weighted by atomic mass is 16.5. The van der Waals surface area contributed by atoms with Crippen molar-refractivity contribution in [3.8, 4) is 5.75 Å². The number of pyridine rings is 1. The molecule has 0 radical (unpaired) electrons. The van der Waals surface area contributed by atoms with E-state index in [1.54, 1.807) is 0 Å². The molecule has 0 aliphatic carbocycles. The van der Waals surface area contributed by atoms with Crippen molar-refractivity contribution >= 4 is 12.6 Å². The van der Waals surface area contributed by atoms with Gasteiger partial charge in [-0.3, -0.25) is 9.59 Å². The molecule has 1 aromatic rings. The summed E-state index contributed by atoms with van der Waals surface area (Å²) in [5.74, 6) is 0.523. The third-order valence-corrected chi connectivity index (χ3v) is 2.10. The molecule has 1 rings (SSSR count). The number of carbonyl (C=O) groups is 2. The Bertz CT molecular complexity index is 337. The molecule has 0 amide bonds. The summed E-state index contributed by atoms with van der Waals surface area (Å²) in [5.41, 5.74) is 0.435. The molecule has 0 spiro atoms. The fourth-order valence-electron chi connectivity index (χ4n) is 1.29. The summed E-state index contributed by atoms with van der Waals surface area (Å²) in [4.78, 5) is 24.9. The molecule has 16 heavy (non-hydrogen) atoms. The summed E-state index contributed by atoms with van der Waals surface area (Å²) in [6.45, 7) is 2.70. The Morgan fingerprint density at radius 3 is 2.31 bits per heavy atom. The summed E-state index contributed by atoms with van der Waals surface area (Å²) in [6.07, 6.45) is 4.40. The molecule has 0 aromatic carbocycles. The Kier molecular flexibility index (Phi) is 5.19. The molecular formula is C12H15NO3. The van der Waals surface area contributed by atoms with Gasteiger partial charge in [0.1, 0.15) is 17.1 Å². The lowest BCUT2D eigenvalue weighted by molar-refractivity contribution is 0.111. The molecule has 4 heteroatoms. The number of aldehydes is 2. The van der Waals surface area contributed by atoms with Crippen LogP contribution in [0.4, 0.5) is 0 Å².